The molecule has 9 nitrogen and oxygen atoms in total. The largest absolute Gasteiger partial charge is 0.495 e. The maximum Gasteiger partial charge on any atom is 0.339 e. The van der Waals surface area contributed by atoms with Crippen LogP contribution in [0.2, 0.25) is 5.02 Å². The van der Waals surface area contributed by atoms with Gasteiger partial charge in [-0.3, -0.25) is 4.79 Å². The van der Waals surface area contributed by atoms with Gasteiger partial charge in [-0.2, -0.15) is 4.31 Å². The zero-order chi connectivity index (χ0) is 32.1. The van der Waals surface area contributed by atoms with Gasteiger partial charge >= 0.3 is 5.97 Å². The van der Waals surface area contributed by atoms with Gasteiger partial charge in [0.2, 0.25) is 16.1 Å². The van der Waals surface area contributed by atoms with Crippen LogP contribution < -0.4 is 15.0 Å². The third kappa shape index (κ3) is 7.30. The number of piperazine rings is 1. The van der Waals surface area contributed by atoms with Crippen LogP contribution in [0.5, 0.6) is 5.75 Å². The lowest BCUT2D eigenvalue weighted by Crippen LogP contribution is -2.48. The van der Waals surface area contributed by atoms with Gasteiger partial charge in [0.1, 0.15) is 10.6 Å². The number of sulfonamides is 1. The van der Waals surface area contributed by atoms with Gasteiger partial charge in [-0.05, 0) is 67.4 Å². The second kappa shape index (κ2) is 13.7. The molecule has 1 aliphatic rings. The molecule has 4 aromatic carbocycles. The van der Waals surface area contributed by atoms with Gasteiger partial charge in [-0.1, -0.05) is 60.1 Å². The van der Waals surface area contributed by atoms with E-state index in [2.05, 4.69) is 10.2 Å². The maximum absolute atomic E-state index is 13.8. The fraction of sp³-hybridized carbons (Fsp3) is 0.235. The molecule has 45 heavy (non-hydrogen) atoms. The van der Waals surface area contributed by atoms with E-state index in [1.54, 1.807) is 36.4 Å². The van der Waals surface area contributed by atoms with Gasteiger partial charge in [-0.25, -0.2) is 13.2 Å². The molecule has 0 unspecified atom stereocenters. The molecule has 0 radical (unpaired) electrons. The topological polar surface area (TPSA) is 105 Å². The predicted octanol–water partition coefficient (Wildman–Crippen LogP) is 6.01. The van der Waals surface area contributed by atoms with Gasteiger partial charge in [0, 0.05) is 48.1 Å². The van der Waals surface area contributed by atoms with E-state index in [9.17, 15) is 18.0 Å². The smallest absolute Gasteiger partial charge is 0.339 e. The molecular formula is C34H34ClN3O6S. The van der Waals surface area contributed by atoms with Crippen LogP contribution in [-0.2, 0) is 19.6 Å². The summed E-state index contributed by atoms with van der Waals surface area (Å²) in [6.07, 6.45) is -1.29. The van der Waals surface area contributed by atoms with Crippen molar-refractivity contribution in [2.24, 2.45) is 0 Å². The van der Waals surface area contributed by atoms with Gasteiger partial charge in [-0.15, -0.1) is 0 Å². The van der Waals surface area contributed by atoms with Gasteiger partial charge in [0.15, 0.2) is 0 Å². The minimum absolute atomic E-state index is 0.0348. The van der Waals surface area contributed by atoms with Crippen LogP contribution in [0.1, 0.15) is 33.2 Å². The Morgan fingerprint density at radius 3 is 2.29 bits per heavy atom. The summed E-state index contributed by atoms with van der Waals surface area (Å²) >= 11 is 6.14. The highest BCUT2D eigenvalue weighted by molar-refractivity contribution is 7.89. The highest BCUT2D eigenvalue weighted by Crippen LogP contribution is 2.31. The van der Waals surface area contributed by atoms with E-state index in [1.807, 2.05) is 50.2 Å². The van der Waals surface area contributed by atoms with Crippen LogP contribution in [0.15, 0.2) is 95.9 Å². The number of hydrogen-bond acceptors (Lipinski definition) is 7. The molecule has 1 fully saturated rings. The highest BCUT2D eigenvalue weighted by Gasteiger charge is 2.33. The molecule has 0 spiro atoms. The summed E-state index contributed by atoms with van der Waals surface area (Å²) in [4.78, 5) is 28.9. The molecule has 0 bridgehead atoms. The van der Waals surface area contributed by atoms with Crippen molar-refractivity contribution in [2.75, 3.05) is 43.5 Å². The molecule has 1 N–H and O–H groups in total. The summed E-state index contributed by atoms with van der Waals surface area (Å²) in [6.45, 7) is 5.14. The van der Waals surface area contributed by atoms with Crippen LogP contribution in [-0.4, -0.2) is 57.9 Å². The molecule has 1 saturated heterocycles. The standard InChI is InChI=1S/C34H34ClN3O6S/c1-23-12-13-24(2)29(20-23)36-33(39)32(25-8-5-4-6-9-25)44-34(40)26-14-15-30(43-3)31(21-26)45(41,42)38-18-16-37(17-19-38)28-11-7-10-27(35)22-28/h4-15,20-22,32H,16-19H2,1-3H3,(H,36,39)/t32-/m1/s1. The normalized spacial score (nSPS) is 14.4. The Bertz CT molecular complexity index is 1810. The number of nitrogens with zero attached hydrogens (tertiary/aromatic N) is 2. The van der Waals surface area contributed by atoms with E-state index < -0.39 is 28.0 Å². The SMILES string of the molecule is COc1ccc(C(=O)O[C@@H](C(=O)Nc2cc(C)ccc2C)c2ccccc2)cc1S(=O)(=O)N1CCN(c2cccc(Cl)c2)CC1. The molecular weight excluding hydrogens is 614 g/mol. The van der Waals surface area contributed by atoms with E-state index >= 15 is 0 Å². The number of methoxy groups -OCH3 is 1. The fourth-order valence-electron chi connectivity index (χ4n) is 5.15. The van der Waals surface area contributed by atoms with E-state index in [0.29, 0.717) is 29.4 Å². The summed E-state index contributed by atoms with van der Waals surface area (Å²) in [5, 5.41) is 3.48. The quantitative estimate of drug-likeness (QED) is 0.222. The van der Waals surface area contributed by atoms with Crippen molar-refractivity contribution in [1.29, 1.82) is 0 Å². The lowest BCUT2D eigenvalue weighted by molar-refractivity contribution is -0.125. The lowest BCUT2D eigenvalue weighted by Gasteiger charge is -2.35. The first kappa shape index (κ1) is 32.0. The van der Waals surface area contributed by atoms with Crippen molar-refractivity contribution in [3.8, 4) is 5.75 Å². The number of halogens is 1. The summed E-state index contributed by atoms with van der Waals surface area (Å²) in [5.41, 5.74) is 3.76. The number of nitrogens with one attached hydrogen (secondary N) is 1. The lowest BCUT2D eigenvalue weighted by atomic mass is 10.1. The van der Waals surface area contributed by atoms with Gasteiger partial charge < -0.3 is 19.7 Å². The highest BCUT2D eigenvalue weighted by atomic mass is 35.5. The summed E-state index contributed by atoms with van der Waals surface area (Å²) < 4.78 is 40.2. The number of carbonyl (C=O) groups excluding carboxylic acids is 2. The minimum atomic E-state index is -4.05. The van der Waals surface area contributed by atoms with Crippen LogP contribution in [0.4, 0.5) is 11.4 Å². The predicted molar refractivity (Wildman–Crippen MR) is 175 cm³/mol. The number of esters is 1. The third-order valence-corrected chi connectivity index (χ3v) is 9.80. The number of rotatable bonds is 9. The van der Waals surface area contributed by atoms with E-state index in [4.69, 9.17) is 21.1 Å². The Balaban J connectivity index is 1.38. The fourth-order valence-corrected chi connectivity index (χ4v) is 6.94. The Morgan fingerprint density at radius 2 is 1.60 bits per heavy atom. The second-order valence-electron chi connectivity index (χ2n) is 10.7. The number of aryl methyl sites for hydroxylation is 2. The molecule has 0 aliphatic carbocycles. The van der Waals surface area contributed by atoms with Crippen molar-refractivity contribution < 1.29 is 27.5 Å². The zero-order valence-electron chi connectivity index (χ0n) is 25.2. The molecule has 1 heterocycles. The van der Waals surface area contributed by atoms with Crippen molar-refractivity contribution in [3.63, 3.8) is 0 Å². The average molecular weight is 648 g/mol. The molecule has 1 atom stereocenters. The number of anilines is 2. The number of carbonyl (C=O) groups is 2. The maximum atomic E-state index is 13.8. The summed E-state index contributed by atoms with van der Waals surface area (Å²) in [7, 11) is -2.69. The minimum Gasteiger partial charge on any atom is -0.495 e. The molecule has 0 saturated carbocycles. The third-order valence-electron chi connectivity index (χ3n) is 7.65. The molecule has 234 valence electrons. The monoisotopic (exact) mass is 647 g/mol. The Labute approximate surface area is 268 Å². The Kier molecular flexibility index (Phi) is 9.77. The van der Waals surface area contributed by atoms with Crippen molar-refractivity contribution in [2.45, 2.75) is 24.8 Å². The first-order valence-corrected chi connectivity index (χ1v) is 16.2. The van der Waals surface area contributed by atoms with Crippen LogP contribution in [0, 0.1) is 13.8 Å². The van der Waals surface area contributed by atoms with Crippen molar-refractivity contribution in [3.05, 3.63) is 118 Å². The van der Waals surface area contributed by atoms with Crippen LogP contribution in [0.3, 0.4) is 0 Å². The second-order valence-corrected chi connectivity index (χ2v) is 13.1. The Hall–Kier alpha value is -4.38. The van der Waals surface area contributed by atoms with E-state index in [-0.39, 0.29) is 29.3 Å². The molecule has 11 heteroatoms. The van der Waals surface area contributed by atoms with E-state index in [0.717, 1.165) is 16.8 Å². The molecule has 5 rings (SSSR count). The molecule has 1 amide bonds. The number of benzene rings is 4. The molecule has 0 aromatic heterocycles. The zero-order valence-corrected chi connectivity index (χ0v) is 26.8. The van der Waals surface area contributed by atoms with Crippen LogP contribution in [0.25, 0.3) is 0 Å². The van der Waals surface area contributed by atoms with Crippen molar-refractivity contribution in [1.82, 2.24) is 4.31 Å². The number of ether oxygens (including phenoxy) is 2. The molecule has 4 aromatic rings. The summed E-state index contributed by atoms with van der Waals surface area (Å²) in [6, 6.07) is 25.8. The summed E-state index contributed by atoms with van der Waals surface area (Å²) in [5.74, 6) is -1.30. The number of amides is 1. The van der Waals surface area contributed by atoms with Gasteiger partial charge in [0.25, 0.3) is 5.91 Å². The van der Waals surface area contributed by atoms with Crippen LogP contribution >= 0.6 is 11.6 Å². The first-order valence-electron chi connectivity index (χ1n) is 14.4. The Morgan fingerprint density at radius 1 is 0.867 bits per heavy atom. The number of hydrogen-bond donors (Lipinski definition) is 1. The average Bonchev–Trinajstić information content (AvgIpc) is 3.05. The first-order chi connectivity index (χ1) is 21.6. The van der Waals surface area contributed by atoms with Crippen molar-refractivity contribution >= 4 is 44.9 Å². The molecule has 1 aliphatic heterocycles. The van der Waals surface area contributed by atoms with E-state index in [1.165, 1.54) is 29.6 Å². The van der Waals surface area contributed by atoms with Gasteiger partial charge in [0.05, 0.1) is 12.7 Å².